The number of rotatable bonds is 4. The predicted octanol–water partition coefficient (Wildman–Crippen LogP) is 6.27. The van der Waals surface area contributed by atoms with E-state index in [2.05, 4.69) is 63.4 Å². The number of ether oxygens (including phenoxy) is 1. The van der Waals surface area contributed by atoms with E-state index in [-0.39, 0.29) is 23.1 Å². The molecular weight excluding hydrogens is 366 g/mol. The van der Waals surface area contributed by atoms with Crippen molar-refractivity contribution in [1.29, 1.82) is 0 Å². The van der Waals surface area contributed by atoms with Crippen LogP contribution in [0.3, 0.4) is 0 Å². The van der Waals surface area contributed by atoms with Crippen molar-refractivity contribution in [1.82, 2.24) is 5.32 Å². The summed E-state index contributed by atoms with van der Waals surface area (Å²) in [7, 11) is -1.85. The van der Waals surface area contributed by atoms with E-state index < -0.39 is 13.9 Å². The summed E-state index contributed by atoms with van der Waals surface area (Å²) in [6.07, 6.45) is 0.466. The van der Waals surface area contributed by atoms with E-state index in [4.69, 9.17) is 9.16 Å². The van der Waals surface area contributed by atoms with Crippen molar-refractivity contribution >= 4 is 14.4 Å². The zero-order valence-electron chi connectivity index (χ0n) is 19.6. The molecule has 1 amide bonds. The Hall–Kier alpha value is -1.33. The highest BCUT2D eigenvalue weighted by Crippen LogP contribution is 2.39. The van der Waals surface area contributed by atoms with Crippen LogP contribution >= 0.6 is 0 Å². The first-order valence-electron chi connectivity index (χ1n) is 10.5. The molecule has 1 aliphatic carbocycles. The summed E-state index contributed by atoms with van der Waals surface area (Å²) in [5, 5.41) is 3.25. The molecule has 0 fully saturated rings. The fraction of sp³-hybridized carbons (Fsp3) is 0.696. The van der Waals surface area contributed by atoms with E-state index in [0.717, 1.165) is 6.42 Å². The molecule has 2 atom stereocenters. The fourth-order valence-corrected chi connectivity index (χ4v) is 4.04. The second kappa shape index (κ2) is 9.44. The number of nitrogens with one attached hydrogen (secondary N) is 1. The van der Waals surface area contributed by atoms with Gasteiger partial charge in [-0.1, -0.05) is 58.9 Å². The van der Waals surface area contributed by atoms with Crippen LogP contribution in [0.4, 0.5) is 4.79 Å². The van der Waals surface area contributed by atoms with Gasteiger partial charge in [0.2, 0.25) is 0 Å². The molecule has 0 heterocycles. The minimum Gasteiger partial charge on any atom is -0.444 e. The van der Waals surface area contributed by atoms with Gasteiger partial charge in [-0.25, -0.2) is 4.79 Å². The molecule has 2 rings (SSSR count). The van der Waals surface area contributed by atoms with Crippen molar-refractivity contribution in [2.24, 2.45) is 0 Å². The van der Waals surface area contributed by atoms with Gasteiger partial charge in [0.25, 0.3) is 0 Å². The second-order valence-corrected chi connectivity index (χ2v) is 14.6. The predicted molar refractivity (Wildman–Crippen MR) is 121 cm³/mol. The Morgan fingerprint density at radius 2 is 1.68 bits per heavy atom. The molecule has 28 heavy (non-hydrogen) atoms. The second-order valence-electron chi connectivity index (χ2n) is 9.83. The number of benzene rings is 1. The lowest BCUT2D eigenvalue weighted by Crippen LogP contribution is -2.45. The maximum absolute atomic E-state index is 12.3. The molecule has 0 aromatic heterocycles. The van der Waals surface area contributed by atoms with Gasteiger partial charge in [-0.2, -0.15) is 0 Å². The van der Waals surface area contributed by atoms with Gasteiger partial charge in [-0.15, -0.1) is 0 Å². The Balaban J connectivity index is 0.00000190. The minimum absolute atomic E-state index is 0.00650. The number of hydrogen-bond donors (Lipinski definition) is 1. The Morgan fingerprint density at radius 1 is 1.11 bits per heavy atom. The molecule has 1 aromatic carbocycles. The number of carbonyl (C=O) groups is 1. The van der Waals surface area contributed by atoms with E-state index in [1.54, 1.807) is 0 Å². The molecule has 1 N–H and O–H groups in total. The van der Waals surface area contributed by atoms with Crippen LogP contribution < -0.4 is 5.32 Å². The van der Waals surface area contributed by atoms with E-state index in [0.29, 0.717) is 6.61 Å². The van der Waals surface area contributed by atoms with Crippen molar-refractivity contribution in [2.75, 3.05) is 6.61 Å². The Bertz CT molecular complexity index is 644. The van der Waals surface area contributed by atoms with Crippen molar-refractivity contribution < 1.29 is 14.0 Å². The smallest absolute Gasteiger partial charge is 0.407 e. The van der Waals surface area contributed by atoms with Crippen LogP contribution in [-0.2, 0) is 15.6 Å². The van der Waals surface area contributed by atoms with E-state index in [1.165, 1.54) is 11.1 Å². The number of carbonyl (C=O) groups excluding carboxylic acids is 1. The van der Waals surface area contributed by atoms with Gasteiger partial charge in [0.05, 0.1) is 0 Å². The Kier molecular flexibility index (Phi) is 8.33. The van der Waals surface area contributed by atoms with Gasteiger partial charge >= 0.3 is 6.09 Å². The molecule has 0 saturated carbocycles. The average Bonchev–Trinajstić information content (AvgIpc) is 2.89. The lowest BCUT2D eigenvalue weighted by atomic mass is 9.99. The first-order valence-corrected chi connectivity index (χ1v) is 13.4. The topological polar surface area (TPSA) is 47.6 Å². The van der Waals surface area contributed by atoms with Gasteiger partial charge in [0, 0.05) is 18.6 Å². The first kappa shape index (κ1) is 24.7. The summed E-state index contributed by atoms with van der Waals surface area (Å²) in [6.45, 7) is 21.6. The lowest BCUT2D eigenvalue weighted by molar-refractivity contribution is 0.0494. The first-order chi connectivity index (χ1) is 12.8. The highest BCUT2D eigenvalue weighted by molar-refractivity contribution is 6.74. The number of alkyl carbamates (subject to hydrolysis) is 1. The number of hydrogen-bond acceptors (Lipinski definition) is 3. The third kappa shape index (κ3) is 6.63. The summed E-state index contributed by atoms with van der Waals surface area (Å²) in [4.78, 5) is 12.3. The van der Waals surface area contributed by atoms with Crippen LogP contribution in [0.25, 0.3) is 0 Å². The van der Waals surface area contributed by atoms with E-state index >= 15 is 0 Å². The zero-order valence-corrected chi connectivity index (χ0v) is 20.6. The monoisotopic (exact) mass is 407 g/mol. The van der Waals surface area contributed by atoms with E-state index in [1.807, 2.05) is 34.6 Å². The van der Waals surface area contributed by atoms with Gasteiger partial charge < -0.3 is 14.5 Å². The summed E-state index contributed by atoms with van der Waals surface area (Å²) >= 11 is 0. The average molecular weight is 408 g/mol. The summed E-state index contributed by atoms with van der Waals surface area (Å²) in [6, 6.07) is 8.43. The molecule has 0 radical (unpaired) electrons. The van der Waals surface area contributed by atoms with Crippen LogP contribution in [0, 0.1) is 0 Å². The third-order valence-electron chi connectivity index (χ3n) is 5.51. The van der Waals surface area contributed by atoms with Crippen molar-refractivity contribution in [3.05, 3.63) is 35.4 Å². The highest BCUT2D eigenvalue weighted by atomic mass is 28.4. The van der Waals surface area contributed by atoms with Crippen LogP contribution in [0.1, 0.15) is 72.4 Å². The molecule has 0 spiro atoms. The highest BCUT2D eigenvalue weighted by Gasteiger charge is 2.40. The number of fused-ring (bicyclic) bond motifs is 1. The van der Waals surface area contributed by atoms with Crippen molar-refractivity contribution in [3.8, 4) is 0 Å². The third-order valence-corrected chi connectivity index (χ3v) is 10.0. The number of amides is 1. The molecule has 2 unspecified atom stereocenters. The summed E-state index contributed by atoms with van der Waals surface area (Å²) in [5.41, 5.74) is 2.08. The quantitative estimate of drug-likeness (QED) is 0.599. The molecular formula is C23H41NO3Si. The normalized spacial score (nSPS) is 19.4. The maximum atomic E-state index is 12.3. The van der Waals surface area contributed by atoms with Crippen LogP contribution in [0.2, 0.25) is 18.1 Å². The molecule has 1 aromatic rings. The van der Waals surface area contributed by atoms with Crippen LogP contribution in [0.15, 0.2) is 24.3 Å². The summed E-state index contributed by atoms with van der Waals surface area (Å²) in [5.74, 6) is 0.160. The van der Waals surface area contributed by atoms with Gasteiger partial charge in [-0.3, -0.25) is 0 Å². The van der Waals surface area contributed by atoms with Crippen LogP contribution in [0.5, 0.6) is 0 Å². The van der Waals surface area contributed by atoms with Gasteiger partial charge in [0.1, 0.15) is 5.60 Å². The maximum Gasteiger partial charge on any atom is 0.407 e. The molecule has 5 heteroatoms. The molecule has 0 aliphatic heterocycles. The van der Waals surface area contributed by atoms with E-state index in [9.17, 15) is 4.79 Å². The fourth-order valence-electron chi connectivity index (χ4n) is 3.01. The summed E-state index contributed by atoms with van der Waals surface area (Å²) < 4.78 is 12.0. The van der Waals surface area contributed by atoms with Crippen molar-refractivity contribution in [2.45, 2.75) is 97.5 Å². The molecule has 0 bridgehead atoms. The van der Waals surface area contributed by atoms with Gasteiger partial charge in [0.15, 0.2) is 8.32 Å². The molecule has 0 saturated heterocycles. The Morgan fingerprint density at radius 3 is 2.21 bits per heavy atom. The lowest BCUT2D eigenvalue weighted by Gasteiger charge is -2.37. The van der Waals surface area contributed by atoms with Crippen molar-refractivity contribution in [3.63, 3.8) is 0 Å². The zero-order chi connectivity index (χ0) is 21.8. The molecule has 4 nitrogen and oxygen atoms in total. The largest absolute Gasteiger partial charge is 0.444 e. The molecule has 160 valence electrons. The van der Waals surface area contributed by atoms with Crippen LogP contribution in [-0.4, -0.2) is 32.7 Å². The minimum atomic E-state index is -1.85. The Labute approximate surface area is 173 Å². The van der Waals surface area contributed by atoms with Gasteiger partial charge in [-0.05, 0) is 56.5 Å². The molecule has 1 aliphatic rings. The standard InChI is InChI=1S/C21H35NO3Si.C2H6/c1-20(2,3)25-19(23)22-18-13-15-11-9-10-12-16(15)17(18)14-24-26(7,8)21(4,5)6;1-2/h9-12,17-18H,13-14H2,1-8H3,(H,22,23);1-2H3. The SMILES string of the molecule is CC.CC(C)(C)OC(=O)NC1Cc2ccccc2C1CO[Si](C)(C)C(C)(C)C.